The van der Waals surface area contributed by atoms with Crippen molar-refractivity contribution in [1.29, 1.82) is 0 Å². The van der Waals surface area contributed by atoms with Crippen molar-refractivity contribution in [2.75, 3.05) is 20.8 Å². The van der Waals surface area contributed by atoms with Crippen LogP contribution in [0.25, 0.3) is 0 Å². The first kappa shape index (κ1) is 33.2. The highest BCUT2D eigenvalue weighted by molar-refractivity contribution is 5.75. The van der Waals surface area contributed by atoms with E-state index < -0.39 is 29.6 Å². The van der Waals surface area contributed by atoms with Crippen molar-refractivity contribution in [3.05, 3.63) is 102 Å². The first-order chi connectivity index (χ1) is 21.4. The van der Waals surface area contributed by atoms with Crippen LogP contribution in [0.1, 0.15) is 82.7 Å². The van der Waals surface area contributed by atoms with Gasteiger partial charge in [0.2, 0.25) is 0 Å². The Labute approximate surface area is 269 Å². The van der Waals surface area contributed by atoms with E-state index >= 15 is 0 Å². The quantitative estimate of drug-likeness (QED) is 0.211. The van der Waals surface area contributed by atoms with E-state index in [-0.39, 0.29) is 16.9 Å². The maximum Gasteiger partial charge on any atom is 0.314 e. The van der Waals surface area contributed by atoms with E-state index in [9.17, 15) is 9.90 Å². The molecule has 6 heteroatoms. The molecule has 0 aromatic heterocycles. The highest BCUT2D eigenvalue weighted by Crippen LogP contribution is 2.67. The number of carbonyl (C=O) groups excluding carboxylic acids is 1. The van der Waals surface area contributed by atoms with Crippen LogP contribution in [0.5, 0.6) is 5.75 Å². The molecule has 3 unspecified atom stereocenters. The molecule has 2 aliphatic carbocycles. The summed E-state index contributed by atoms with van der Waals surface area (Å²) in [6.07, 6.45) is 2.27. The molecule has 3 aromatic carbocycles. The molecule has 3 aromatic rings. The second kappa shape index (κ2) is 13.3. The molecule has 2 bridgehead atoms. The lowest BCUT2D eigenvalue weighted by Gasteiger charge is -2.48. The Kier molecular flexibility index (Phi) is 9.79. The normalized spacial score (nSPS) is 24.3. The molecule has 2 saturated carbocycles. The molecule has 0 saturated heterocycles. The van der Waals surface area contributed by atoms with Crippen LogP contribution in [0.15, 0.2) is 84.9 Å². The third kappa shape index (κ3) is 6.70. The number of ether oxygens (including phenoxy) is 3. The van der Waals surface area contributed by atoms with Gasteiger partial charge < -0.3 is 19.3 Å². The molecule has 0 amide bonds. The summed E-state index contributed by atoms with van der Waals surface area (Å²) in [4.78, 5) is 16.9. The molecule has 6 atom stereocenters. The number of fused-ring (bicyclic) bond motifs is 2. The number of rotatable bonds is 12. The number of carbonyl (C=O) groups is 1. The van der Waals surface area contributed by atoms with Crippen molar-refractivity contribution in [2.45, 2.75) is 84.3 Å². The number of esters is 1. The summed E-state index contributed by atoms with van der Waals surface area (Å²) in [6.45, 7) is 11.7. The number of hydrogen-bond donors (Lipinski definition) is 1. The first-order valence-electron chi connectivity index (χ1n) is 16.3. The van der Waals surface area contributed by atoms with Crippen molar-refractivity contribution < 1.29 is 24.1 Å². The Balaban J connectivity index is 1.71. The van der Waals surface area contributed by atoms with Gasteiger partial charge in [0.25, 0.3) is 0 Å². The molecule has 0 aliphatic heterocycles. The fraction of sp³-hybridized carbons (Fsp3) is 0.513. The smallest absolute Gasteiger partial charge is 0.314 e. The predicted octanol–water partition coefficient (Wildman–Crippen LogP) is 7.77. The zero-order valence-electron chi connectivity index (χ0n) is 28.0. The minimum Gasteiger partial charge on any atom is -0.497 e. The van der Waals surface area contributed by atoms with Crippen LogP contribution in [-0.4, -0.2) is 48.4 Å². The van der Waals surface area contributed by atoms with Gasteiger partial charge in [-0.2, -0.15) is 0 Å². The zero-order chi connectivity index (χ0) is 32.4. The lowest BCUT2D eigenvalue weighted by molar-refractivity contribution is -0.170. The number of aliphatic hydroxyl groups excluding tert-OH is 1. The molecular formula is C39H51NO5. The van der Waals surface area contributed by atoms with Gasteiger partial charge in [-0.05, 0) is 80.2 Å². The van der Waals surface area contributed by atoms with Gasteiger partial charge in [0.15, 0.2) is 0 Å². The maximum atomic E-state index is 14.5. The SMILES string of the molecule is COc1ccc([C@H]([C@H](C(=O)OC(C)(C)C)[C@@H](O)c2ccccc2)N(Cc2ccccc2)CC23CCC(CC2OC)C3(C)C)cc1. The van der Waals surface area contributed by atoms with Crippen molar-refractivity contribution in [1.82, 2.24) is 4.90 Å². The van der Waals surface area contributed by atoms with Crippen LogP contribution >= 0.6 is 0 Å². The van der Waals surface area contributed by atoms with Crippen molar-refractivity contribution in [2.24, 2.45) is 22.7 Å². The summed E-state index contributed by atoms with van der Waals surface area (Å²) in [5.74, 6) is -0.0218. The van der Waals surface area contributed by atoms with E-state index in [1.807, 2.05) is 88.5 Å². The largest absolute Gasteiger partial charge is 0.497 e. The predicted molar refractivity (Wildman–Crippen MR) is 178 cm³/mol. The summed E-state index contributed by atoms with van der Waals surface area (Å²) in [5, 5.41) is 12.2. The third-order valence-electron chi connectivity index (χ3n) is 10.7. The molecule has 0 radical (unpaired) electrons. The van der Waals surface area contributed by atoms with Crippen molar-refractivity contribution in [3.63, 3.8) is 0 Å². The number of hydrogen-bond acceptors (Lipinski definition) is 6. The van der Waals surface area contributed by atoms with E-state index in [4.69, 9.17) is 14.2 Å². The Morgan fingerprint density at radius 2 is 1.56 bits per heavy atom. The van der Waals surface area contributed by atoms with Crippen molar-refractivity contribution in [3.8, 4) is 5.75 Å². The molecule has 45 heavy (non-hydrogen) atoms. The summed E-state index contributed by atoms with van der Waals surface area (Å²) in [6, 6.07) is 27.3. The minimum atomic E-state index is -1.10. The summed E-state index contributed by atoms with van der Waals surface area (Å²) in [5.41, 5.74) is 1.94. The first-order valence-corrected chi connectivity index (χ1v) is 16.3. The van der Waals surface area contributed by atoms with Crippen LogP contribution in [-0.2, 0) is 20.8 Å². The van der Waals surface area contributed by atoms with E-state index in [2.05, 4.69) is 43.0 Å². The molecule has 0 spiro atoms. The zero-order valence-corrected chi connectivity index (χ0v) is 28.0. The second-order valence-corrected chi connectivity index (χ2v) is 14.6. The average Bonchev–Trinajstić information content (AvgIpc) is 3.39. The van der Waals surface area contributed by atoms with Crippen LogP contribution in [0.4, 0.5) is 0 Å². The molecule has 5 rings (SSSR count). The second-order valence-electron chi connectivity index (χ2n) is 14.6. The standard InChI is InChI=1S/C39H51NO5/c1-37(2,3)45-36(42)33(35(41)29-16-12-9-13-17-29)34(28-18-20-31(43-6)21-19-28)40(25-27-14-10-8-11-15-27)26-39-23-22-30(38(39,4)5)24-32(39)44-7/h8-21,30,32-35,41H,22-26H2,1-7H3/t30?,32?,33-,34+,35-,39?/m0/s1. The molecule has 242 valence electrons. The highest BCUT2D eigenvalue weighted by Gasteiger charge is 2.65. The monoisotopic (exact) mass is 613 g/mol. The summed E-state index contributed by atoms with van der Waals surface area (Å²) < 4.78 is 17.9. The Morgan fingerprint density at radius 1 is 0.933 bits per heavy atom. The van der Waals surface area contributed by atoms with Gasteiger partial charge in [0, 0.05) is 25.6 Å². The number of methoxy groups -OCH3 is 2. The Morgan fingerprint density at radius 3 is 2.11 bits per heavy atom. The van der Waals surface area contributed by atoms with Crippen LogP contribution < -0.4 is 4.74 Å². The van der Waals surface area contributed by atoms with E-state index in [0.717, 1.165) is 29.7 Å². The molecular weight excluding hydrogens is 562 g/mol. The Bertz CT molecular complexity index is 1400. The van der Waals surface area contributed by atoms with Gasteiger partial charge >= 0.3 is 5.97 Å². The van der Waals surface area contributed by atoms with E-state index in [0.29, 0.717) is 24.6 Å². The fourth-order valence-electron chi connectivity index (χ4n) is 8.24. The minimum absolute atomic E-state index is 0.0481. The lowest BCUT2D eigenvalue weighted by Crippen LogP contribution is -2.51. The molecule has 2 aliphatic rings. The van der Waals surface area contributed by atoms with Crippen molar-refractivity contribution >= 4 is 5.97 Å². The van der Waals surface area contributed by atoms with Gasteiger partial charge in [-0.15, -0.1) is 0 Å². The van der Waals surface area contributed by atoms with Crippen LogP contribution in [0.2, 0.25) is 0 Å². The summed E-state index contributed by atoms with van der Waals surface area (Å²) in [7, 11) is 3.49. The van der Waals surface area contributed by atoms with Gasteiger partial charge in [-0.25, -0.2) is 0 Å². The van der Waals surface area contributed by atoms with Gasteiger partial charge in [0.1, 0.15) is 17.3 Å². The van der Waals surface area contributed by atoms with Gasteiger partial charge in [-0.3, -0.25) is 9.69 Å². The molecule has 2 fully saturated rings. The van der Waals surface area contributed by atoms with E-state index in [1.54, 1.807) is 7.11 Å². The summed E-state index contributed by atoms with van der Waals surface area (Å²) >= 11 is 0. The highest BCUT2D eigenvalue weighted by atomic mass is 16.6. The fourth-order valence-corrected chi connectivity index (χ4v) is 8.24. The topological polar surface area (TPSA) is 68.2 Å². The number of nitrogens with zero attached hydrogens (tertiary/aromatic N) is 1. The average molecular weight is 614 g/mol. The Hall–Kier alpha value is -3.19. The number of aliphatic hydroxyl groups is 1. The van der Waals surface area contributed by atoms with Gasteiger partial charge in [-0.1, -0.05) is 86.6 Å². The molecule has 0 heterocycles. The number of benzene rings is 3. The van der Waals surface area contributed by atoms with Crippen LogP contribution in [0.3, 0.4) is 0 Å². The van der Waals surface area contributed by atoms with E-state index in [1.165, 1.54) is 6.42 Å². The molecule has 6 nitrogen and oxygen atoms in total. The lowest BCUT2D eigenvalue weighted by atomic mass is 9.67. The third-order valence-corrected chi connectivity index (χ3v) is 10.7. The maximum absolute atomic E-state index is 14.5. The van der Waals surface area contributed by atoms with Crippen LogP contribution in [0, 0.1) is 22.7 Å². The molecule has 1 N–H and O–H groups in total. The van der Waals surface area contributed by atoms with Gasteiger partial charge in [0.05, 0.1) is 25.4 Å².